The van der Waals surface area contributed by atoms with Crippen LogP contribution in [-0.4, -0.2) is 4.98 Å². The van der Waals surface area contributed by atoms with Crippen LogP contribution in [0.4, 0.5) is 0 Å². The molecule has 2 rings (SSSR count). The molecule has 0 atom stereocenters. The van der Waals surface area contributed by atoms with E-state index in [0.29, 0.717) is 5.92 Å². The number of benzene rings is 1. The van der Waals surface area contributed by atoms with Crippen LogP contribution in [0.2, 0.25) is 0 Å². The third-order valence-corrected chi connectivity index (χ3v) is 3.11. The molecule has 15 heavy (non-hydrogen) atoms. The summed E-state index contributed by atoms with van der Waals surface area (Å²) < 4.78 is 1.09. The van der Waals surface area contributed by atoms with E-state index in [1.165, 1.54) is 0 Å². The molecule has 0 fully saturated rings. The largest absolute Gasteiger partial charge is 0.358 e. The first-order chi connectivity index (χ1) is 7.08. The minimum absolute atomic E-state index is 0.103. The smallest absolute Gasteiger partial charge is 0.189 e. The number of hydrogen-bond acceptors (Lipinski definition) is 1. The van der Waals surface area contributed by atoms with Gasteiger partial charge < -0.3 is 4.98 Å². The van der Waals surface area contributed by atoms with Crippen molar-refractivity contribution in [1.82, 2.24) is 4.98 Å². The predicted octanol–water partition coefficient (Wildman–Crippen LogP) is 3.26. The van der Waals surface area contributed by atoms with Gasteiger partial charge in [0.2, 0.25) is 0 Å². The van der Waals surface area contributed by atoms with Gasteiger partial charge in [-0.25, -0.2) is 0 Å². The van der Waals surface area contributed by atoms with E-state index in [1.807, 2.05) is 18.2 Å². The lowest BCUT2D eigenvalue weighted by Crippen LogP contribution is -2.06. The van der Waals surface area contributed by atoms with Gasteiger partial charge in [-0.05, 0) is 46.7 Å². The minimum atomic E-state index is 0.103. The summed E-state index contributed by atoms with van der Waals surface area (Å²) in [5.41, 5.74) is 2.02. The number of aromatic amines is 1. The van der Waals surface area contributed by atoms with Gasteiger partial charge in [-0.2, -0.15) is 0 Å². The highest BCUT2D eigenvalue weighted by atomic mass is 127. The fraction of sp³-hybridized carbons (Fsp3) is 0.250. The van der Waals surface area contributed by atoms with Crippen LogP contribution < -0.4 is 5.43 Å². The summed E-state index contributed by atoms with van der Waals surface area (Å²) in [6, 6.07) is 7.58. The molecule has 0 aliphatic heterocycles. The van der Waals surface area contributed by atoms with Crippen molar-refractivity contribution in [3.63, 3.8) is 0 Å². The van der Waals surface area contributed by atoms with E-state index in [-0.39, 0.29) is 5.43 Å². The van der Waals surface area contributed by atoms with Crippen molar-refractivity contribution in [2.75, 3.05) is 0 Å². The van der Waals surface area contributed by atoms with E-state index in [1.54, 1.807) is 6.07 Å². The van der Waals surface area contributed by atoms with Crippen LogP contribution >= 0.6 is 22.6 Å². The number of pyridine rings is 1. The van der Waals surface area contributed by atoms with Crippen LogP contribution in [-0.2, 0) is 0 Å². The highest BCUT2D eigenvalue weighted by Crippen LogP contribution is 2.16. The number of nitrogens with one attached hydrogen (secondary N) is 1. The fourth-order valence-corrected chi connectivity index (χ4v) is 2.04. The van der Waals surface area contributed by atoms with Crippen molar-refractivity contribution in [1.29, 1.82) is 0 Å². The molecule has 2 aromatic rings. The lowest BCUT2D eigenvalue weighted by atomic mass is 10.1. The molecule has 0 unspecified atom stereocenters. The molecule has 1 aromatic heterocycles. The summed E-state index contributed by atoms with van der Waals surface area (Å²) in [6.45, 7) is 4.15. The zero-order chi connectivity index (χ0) is 11.0. The van der Waals surface area contributed by atoms with Gasteiger partial charge >= 0.3 is 0 Å². The Hall–Kier alpha value is -0.840. The van der Waals surface area contributed by atoms with Crippen molar-refractivity contribution in [3.05, 3.63) is 43.8 Å². The van der Waals surface area contributed by atoms with E-state index in [4.69, 9.17) is 0 Å². The number of fused-ring (bicyclic) bond motifs is 1. The Morgan fingerprint density at radius 3 is 2.67 bits per heavy atom. The van der Waals surface area contributed by atoms with Crippen molar-refractivity contribution in [3.8, 4) is 0 Å². The van der Waals surface area contributed by atoms with Crippen molar-refractivity contribution < 1.29 is 0 Å². The maximum absolute atomic E-state index is 11.8. The van der Waals surface area contributed by atoms with E-state index >= 15 is 0 Å². The first kappa shape index (κ1) is 10.7. The molecule has 0 bridgehead atoms. The monoisotopic (exact) mass is 313 g/mol. The third kappa shape index (κ3) is 2.07. The second-order valence-corrected chi connectivity index (χ2v) is 5.18. The Morgan fingerprint density at radius 1 is 1.27 bits per heavy atom. The van der Waals surface area contributed by atoms with Crippen molar-refractivity contribution in [2.45, 2.75) is 19.8 Å². The lowest BCUT2D eigenvalue weighted by Gasteiger charge is -2.07. The number of H-pyrrole nitrogens is 1. The first-order valence-corrected chi connectivity index (χ1v) is 5.98. The Morgan fingerprint density at radius 2 is 2.00 bits per heavy atom. The van der Waals surface area contributed by atoms with Crippen LogP contribution in [0.1, 0.15) is 25.5 Å². The quantitative estimate of drug-likeness (QED) is 0.806. The molecule has 0 aliphatic carbocycles. The number of halogens is 1. The summed E-state index contributed by atoms with van der Waals surface area (Å²) in [4.78, 5) is 15.1. The van der Waals surface area contributed by atoms with Crippen molar-refractivity contribution >= 4 is 33.5 Å². The summed E-state index contributed by atoms with van der Waals surface area (Å²) in [5.74, 6) is 0.348. The summed E-state index contributed by atoms with van der Waals surface area (Å²) in [5, 5.41) is 0.770. The molecule has 0 aliphatic rings. The average Bonchev–Trinajstić information content (AvgIpc) is 2.18. The first-order valence-electron chi connectivity index (χ1n) is 4.90. The zero-order valence-electron chi connectivity index (χ0n) is 8.67. The molecule has 2 nitrogen and oxygen atoms in total. The molecule has 0 saturated heterocycles. The van der Waals surface area contributed by atoms with Gasteiger partial charge in [0.1, 0.15) is 0 Å². The topological polar surface area (TPSA) is 32.9 Å². The third-order valence-electron chi connectivity index (χ3n) is 2.43. The number of rotatable bonds is 1. The maximum Gasteiger partial charge on any atom is 0.189 e. The van der Waals surface area contributed by atoms with E-state index in [2.05, 4.69) is 41.4 Å². The molecule has 3 heteroatoms. The van der Waals surface area contributed by atoms with Gasteiger partial charge in [-0.1, -0.05) is 13.8 Å². The molecule has 0 radical (unpaired) electrons. The maximum atomic E-state index is 11.8. The number of hydrogen-bond donors (Lipinski definition) is 1. The molecular weight excluding hydrogens is 301 g/mol. The van der Waals surface area contributed by atoms with E-state index in [9.17, 15) is 4.79 Å². The molecule has 0 amide bonds. The molecule has 0 saturated carbocycles. The molecule has 78 valence electrons. The fourth-order valence-electron chi connectivity index (χ4n) is 1.55. The Labute approximate surface area is 102 Å². The Balaban J connectivity index is 2.79. The predicted molar refractivity (Wildman–Crippen MR) is 71.4 cm³/mol. The highest BCUT2D eigenvalue weighted by molar-refractivity contribution is 14.1. The van der Waals surface area contributed by atoms with Crippen molar-refractivity contribution in [2.24, 2.45) is 0 Å². The van der Waals surface area contributed by atoms with Gasteiger partial charge in [0, 0.05) is 26.2 Å². The van der Waals surface area contributed by atoms with Gasteiger partial charge in [-0.15, -0.1) is 0 Å². The van der Waals surface area contributed by atoms with Gasteiger partial charge in [-0.3, -0.25) is 4.79 Å². The summed E-state index contributed by atoms with van der Waals surface area (Å²) >= 11 is 2.21. The SMILES string of the molecule is CC(C)c1cc(=O)c2cc(I)ccc2[nH]1. The molecule has 0 spiro atoms. The van der Waals surface area contributed by atoms with Crippen LogP contribution in [0.3, 0.4) is 0 Å². The minimum Gasteiger partial charge on any atom is -0.358 e. The standard InChI is InChI=1S/C12H12INO/c1-7(2)11-6-12(15)9-5-8(13)3-4-10(9)14-11/h3-7H,1-2H3,(H,14,15). The van der Waals surface area contributed by atoms with Crippen LogP contribution in [0, 0.1) is 3.57 Å². The molecule has 1 N–H and O–H groups in total. The van der Waals surface area contributed by atoms with Crippen LogP contribution in [0.5, 0.6) is 0 Å². The Kier molecular flexibility index (Phi) is 2.82. The molecule has 1 heterocycles. The van der Waals surface area contributed by atoms with Crippen LogP contribution in [0.25, 0.3) is 10.9 Å². The Bertz CT molecular complexity index is 557. The second kappa shape index (κ2) is 3.96. The summed E-state index contributed by atoms with van der Waals surface area (Å²) in [7, 11) is 0. The van der Waals surface area contributed by atoms with Gasteiger partial charge in [0.25, 0.3) is 0 Å². The zero-order valence-corrected chi connectivity index (χ0v) is 10.8. The van der Waals surface area contributed by atoms with Gasteiger partial charge in [0.05, 0.1) is 0 Å². The highest BCUT2D eigenvalue weighted by Gasteiger charge is 2.05. The summed E-state index contributed by atoms with van der Waals surface area (Å²) in [6.07, 6.45) is 0. The van der Waals surface area contributed by atoms with E-state index in [0.717, 1.165) is 20.2 Å². The number of aromatic nitrogens is 1. The average molecular weight is 313 g/mol. The normalized spacial score (nSPS) is 11.2. The molecular formula is C12H12INO. The van der Waals surface area contributed by atoms with Crippen LogP contribution in [0.15, 0.2) is 29.1 Å². The second-order valence-electron chi connectivity index (χ2n) is 3.93. The van der Waals surface area contributed by atoms with E-state index < -0.39 is 0 Å². The van der Waals surface area contributed by atoms with Gasteiger partial charge in [0.15, 0.2) is 5.43 Å². The molecule has 1 aromatic carbocycles. The lowest BCUT2D eigenvalue weighted by molar-refractivity contribution is 0.828.